The first-order chi connectivity index (χ1) is 8.58. The van der Waals surface area contributed by atoms with Gasteiger partial charge in [0.1, 0.15) is 0 Å². The molecule has 0 atom stereocenters. The van der Waals surface area contributed by atoms with Crippen LogP contribution in [-0.2, 0) is 6.54 Å². The van der Waals surface area contributed by atoms with E-state index < -0.39 is 0 Å². The molecule has 0 saturated carbocycles. The van der Waals surface area contributed by atoms with Crippen LogP contribution in [0.2, 0.25) is 0 Å². The summed E-state index contributed by atoms with van der Waals surface area (Å²) in [5.74, 6) is 1.12. The van der Waals surface area contributed by atoms with Gasteiger partial charge in [0, 0.05) is 19.2 Å². The summed E-state index contributed by atoms with van der Waals surface area (Å²) in [6, 6.07) is 0. The summed E-state index contributed by atoms with van der Waals surface area (Å²) in [7, 11) is 1.68. The maximum absolute atomic E-state index is 11.9. The summed E-state index contributed by atoms with van der Waals surface area (Å²) in [6.45, 7) is 4.25. The summed E-state index contributed by atoms with van der Waals surface area (Å²) >= 11 is 0. The third kappa shape index (κ3) is 2.55. The number of rotatable bonds is 4. The SMILES string of the molecule is CC(C)c1nc(CN(C)C(=O)c2cn[nH]c2)no1. The first-order valence-corrected chi connectivity index (χ1v) is 5.64. The molecule has 2 aromatic rings. The maximum Gasteiger partial charge on any atom is 0.257 e. The first kappa shape index (κ1) is 12.3. The van der Waals surface area contributed by atoms with Gasteiger partial charge in [-0.25, -0.2) is 0 Å². The molecule has 0 saturated heterocycles. The molecule has 2 heterocycles. The number of aromatic amines is 1. The summed E-state index contributed by atoms with van der Waals surface area (Å²) in [5, 5.41) is 10.2. The first-order valence-electron chi connectivity index (χ1n) is 5.64. The number of carbonyl (C=O) groups is 1. The molecule has 0 unspecified atom stereocenters. The number of amides is 1. The van der Waals surface area contributed by atoms with Crippen molar-refractivity contribution in [3.05, 3.63) is 29.7 Å². The van der Waals surface area contributed by atoms with Crippen molar-refractivity contribution in [3.8, 4) is 0 Å². The molecule has 0 aliphatic rings. The second-order valence-corrected chi connectivity index (χ2v) is 4.35. The molecule has 0 fully saturated rings. The molecule has 2 rings (SSSR count). The molecule has 7 heteroatoms. The van der Waals surface area contributed by atoms with Crippen molar-refractivity contribution in [1.82, 2.24) is 25.2 Å². The van der Waals surface area contributed by atoms with Crippen molar-refractivity contribution >= 4 is 5.91 Å². The van der Waals surface area contributed by atoms with Gasteiger partial charge in [0.25, 0.3) is 5.91 Å². The molecule has 0 aliphatic carbocycles. The van der Waals surface area contributed by atoms with Gasteiger partial charge in [0.05, 0.1) is 18.3 Å². The highest BCUT2D eigenvalue weighted by Crippen LogP contribution is 2.12. The molecule has 96 valence electrons. The van der Waals surface area contributed by atoms with Crippen molar-refractivity contribution in [2.24, 2.45) is 0 Å². The fourth-order valence-electron chi connectivity index (χ4n) is 1.44. The van der Waals surface area contributed by atoms with Crippen LogP contribution < -0.4 is 0 Å². The third-order valence-electron chi connectivity index (χ3n) is 2.45. The van der Waals surface area contributed by atoms with Gasteiger partial charge in [-0.3, -0.25) is 9.89 Å². The van der Waals surface area contributed by atoms with Gasteiger partial charge in [-0.1, -0.05) is 19.0 Å². The minimum atomic E-state index is -0.139. The molecule has 1 N–H and O–H groups in total. The molecule has 2 aromatic heterocycles. The summed E-state index contributed by atoms with van der Waals surface area (Å²) < 4.78 is 5.08. The Morgan fingerprint density at radius 2 is 2.33 bits per heavy atom. The fraction of sp³-hybridized carbons (Fsp3) is 0.455. The van der Waals surface area contributed by atoms with Gasteiger partial charge in [-0.15, -0.1) is 0 Å². The number of aromatic nitrogens is 4. The van der Waals surface area contributed by atoms with E-state index >= 15 is 0 Å². The topological polar surface area (TPSA) is 87.9 Å². The Morgan fingerprint density at radius 1 is 1.56 bits per heavy atom. The predicted molar refractivity (Wildman–Crippen MR) is 62.8 cm³/mol. The van der Waals surface area contributed by atoms with Crippen LogP contribution in [0.4, 0.5) is 0 Å². The number of nitrogens with one attached hydrogen (secondary N) is 1. The molecule has 0 radical (unpaired) electrons. The van der Waals surface area contributed by atoms with E-state index in [4.69, 9.17) is 4.52 Å². The zero-order chi connectivity index (χ0) is 13.1. The smallest absolute Gasteiger partial charge is 0.257 e. The van der Waals surface area contributed by atoms with Gasteiger partial charge in [-0.2, -0.15) is 10.1 Å². The molecule has 0 bridgehead atoms. The van der Waals surface area contributed by atoms with Crippen molar-refractivity contribution in [1.29, 1.82) is 0 Å². The molecule has 1 amide bonds. The average molecular weight is 249 g/mol. The molecule has 7 nitrogen and oxygen atoms in total. The predicted octanol–water partition coefficient (Wildman–Crippen LogP) is 1.19. The van der Waals surface area contributed by atoms with Gasteiger partial charge in [-0.05, 0) is 0 Å². The Morgan fingerprint density at radius 3 is 2.89 bits per heavy atom. The Balaban J connectivity index is 2.02. The van der Waals surface area contributed by atoms with Crippen molar-refractivity contribution in [2.75, 3.05) is 7.05 Å². The number of nitrogens with zero attached hydrogens (tertiary/aromatic N) is 4. The van der Waals surface area contributed by atoms with E-state index in [0.29, 0.717) is 23.8 Å². The van der Waals surface area contributed by atoms with Gasteiger partial charge < -0.3 is 9.42 Å². The van der Waals surface area contributed by atoms with Crippen molar-refractivity contribution < 1.29 is 9.32 Å². The summed E-state index contributed by atoms with van der Waals surface area (Å²) in [5.41, 5.74) is 0.505. The molecular formula is C11H15N5O2. The second kappa shape index (κ2) is 4.99. The Hall–Kier alpha value is -2.18. The molecule has 18 heavy (non-hydrogen) atoms. The van der Waals surface area contributed by atoms with E-state index in [1.807, 2.05) is 13.8 Å². The van der Waals surface area contributed by atoms with Crippen LogP contribution in [0.25, 0.3) is 0 Å². The van der Waals surface area contributed by atoms with Crippen molar-refractivity contribution in [2.45, 2.75) is 26.3 Å². The van der Waals surface area contributed by atoms with Gasteiger partial charge >= 0.3 is 0 Å². The molecular weight excluding hydrogens is 234 g/mol. The zero-order valence-corrected chi connectivity index (χ0v) is 10.5. The lowest BCUT2D eigenvalue weighted by molar-refractivity contribution is 0.0780. The number of carbonyl (C=O) groups excluding carboxylic acids is 1. The highest BCUT2D eigenvalue weighted by molar-refractivity contribution is 5.93. The molecule has 0 aromatic carbocycles. The van der Waals surface area contributed by atoms with Crippen molar-refractivity contribution in [3.63, 3.8) is 0 Å². The van der Waals surface area contributed by atoms with Crippen LogP contribution in [0.3, 0.4) is 0 Å². The average Bonchev–Trinajstić information content (AvgIpc) is 2.98. The van der Waals surface area contributed by atoms with Crippen LogP contribution in [0.15, 0.2) is 16.9 Å². The lowest BCUT2D eigenvalue weighted by atomic mass is 10.2. The highest BCUT2D eigenvalue weighted by atomic mass is 16.5. The standard InChI is InChI=1S/C11H15N5O2/c1-7(2)10-14-9(15-18-10)6-16(3)11(17)8-4-12-13-5-8/h4-5,7H,6H2,1-3H3,(H,12,13). The molecule has 0 spiro atoms. The Bertz CT molecular complexity index is 517. The van der Waals surface area contributed by atoms with E-state index in [0.717, 1.165) is 0 Å². The minimum Gasteiger partial charge on any atom is -0.339 e. The summed E-state index contributed by atoms with van der Waals surface area (Å²) in [6.07, 6.45) is 3.03. The maximum atomic E-state index is 11.9. The second-order valence-electron chi connectivity index (χ2n) is 4.35. The lowest BCUT2D eigenvalue weighted by Gasteiger charge is -2.13. The number of H-pyrrole nitrogens is 1. The quantitative estimate of drug-likeness (QED) is 0.879. The van der Waals surface area contributed by atoms with E-state index in [1.54, 1.807) is 13.2 Å². The van der Waals surface area contributed by atoms with Crippen LogP contribution in [0, 0.1) is 0 Å². The number of hydrogen-bond donors (Lipinski definition) is 1. The molecule has 0 aliphatic heterocycles. The third-order valence-corrected chi connectivity index (χ3v) is 2.45. The fourth-order valence-corrected chi connectivity index (χ4v) is 1.44. The van der Waals surface area contributed by atoms with Crippen LogP contribution in [0.5, 0.6) is 0 Å². The minimum absolute atomic E-state index is 0.139. The normalized spacial score (nSPS) is 10.9. The van der Waals surface area contributed by atoms with E-state index in [2.05, 4.69) is 20.3 Å². The lowest BCUT2D eigenvalue weighted by Crippen LogP contribution is -2.26. The zero-order valence-electron chi connectivity index (χ0n) is 10.5. The van der Waals surface area contributed by atoms with E-state index in [1.165, 1.54) is 11.1 Å². The van der Waals surface area contributed by atoms with Gasteiger partial charge in [0.2, 0.25) is 5.89 Å². The largest absolute Gasteiger partial charge is 0.339 e. The van der Waals surface area contributed by atoms with Gasteiger partial charge in [0.15, 0.2) is 5.82 Å². The van der Waals surface area contributed by atoms with Crippen LogP contribution in [0.1, 0.15) is 41.8 Å². The van der Waals surface area contributed by atoms with E-state index in [9.17, 15) is 4.79 Å². The Labute approximate surface area is 104 Å². The highest BCUT2D eigenvalue weighted by Gasteiger charge is 2.16. The Kier molecular flexibility index (Phi) is 3.40. The van der Waals surface area contributed by atoms with Crippen LogP contribution >= 0.6 is 0 Å². The van der Waals surface area contributed by atoms with E-state index in [-0.39, 0.29) is 11.8 Å². The number of hydrogen-bond acceptors (Lipinski definition) is 5. The monoisotopic (exact) mass is 249 g/mol. The van der Waals surface area contributed by atoms with Crippen LogP contribution in [-0.4, -0.2) is 38.2 Å². The summed E-state index contributed by atoms with van der Waals surface area (Å²) in [4.78, 5) is 17.7.